The van der Waals surface area contributed by atoms with Crippen LogP contribution in [0.5, 0.6) is 0 Å². The van der Waals surface area contributed by atoms with Crippen LogP contribution in [0, 0.1) is 13.8 Å². The number of anilines is 1. The molecule has 3 aromatic carbocycles. The summed E-state index contributed by atoms with van der Waals surface area (Å²) < 4.78 is 1.89. The average molecular weight is 442 g/mol. The fourth-order valence-electron chi connectivity index (χ4n) is 4.00. The molecule has 7 heteroatoms. The largest absolute Gasteiger partial charge is 0.325 e. The van der Waals surface area contributed by atoms with Crippen LogP contribution in [0.25, 0.3) is 11.4 Å². The summed E-state index contributed by atoms with van der Waals surface area (Å²) in [5, 5.41) is 12.1. The normalized spacial score (nSPS) is 17.3. The third kappa shape index (κ3) is 3.99. The fourth-order valence-corrected chi connectivity index (χ4v) is 5.08. The van der Waals surface area contributed by atoms with Gasteiger partial charge in [-0.2, -0.15) is 0 Å². The highest BCUT2D eigenvalue weighted by Gasteiger charge is 2.38. The quantitative estimate of drug-likeness (QED) is 0.468. The van der Waals surface area contributed by atoms with Crippen molar-refractivity contribution in [2.24, 2.45) is 0 Å². The number of nitrogens with zero attached hydrogens (tertiary/aromatic N) is 3. The van der Waals surface area contributed by atoms with Gasteiger partial charge in [-0.15, -0.1) is 10.2 Å². The van der Waals surface area contributed by atoms with Crippen molar-refractivity contribution in [1.29, 1.82) is 0 Å². The van der Waals surface area contributed by atoms with Crippen LogP contribution in [0.15, 0.2) is 84.0 Å². The summed E-state index contributed by atoms with van der Waals surface area (Å²) in [4.78, 5) is 13.4. The van der Waals surface area contributed by atoms with E-state index < -0.39 is 5.25 Å². The molecule has 2 heterocycles. The van der Waals surface area contributed by atoms with Crippen LogP contribution in [0.1, 0.15) is 22.7 Å². The monoisotopic (exact) mass is 441 g/mol. The van der Waals surface area contributed by atoms with Gasteiger partial charge in [-0.3, -0.25) is 4.79 Å². The number of carbonyl (C=O) groups excluding carboxylic acids is 1. The van der Waals surface area contributed by atoms with E-state index in [2.05, 4.69) is 27.0 Å². The van der Waals surface area contributed by atoms with E-state index in [4.69, 9.17) is 0 Å². The Morgan fingerprint density at radius 1 is 0.938 bits per heavy atom. The van der Waals surface area contributed by atoms with Crippen molar-refractivity contribution in [2.75, 3.05) is 10.7 Å². The summed E-state index contributed by atoms with van der Waals surface area (Å²) in [6, 6.07) is 25.7. The Kier molecular flexibility index (Phi) is 5.41. The van der Waals surface area contributed by atoms with Crippen LogP contribution in [0.4, 0.5) is 5.69 Å². The van der Waals surface area contributed by atoms with Gasteiger partial charge in [0.1, 0.15) is 5.25 Å². The molecule has 1 amide bonds. The number of aryl methyl sites for hydroxylation is 2. The molecule has 4 aromatic rings. The summed E-state index contributed by atoms with van der Waals surface area (Å²) >= 11 is 1.43. The number of amides is 1. The number of thioether (sulfide) groups is 1. The Hall–Kier alpha value is -3.58. The van der Waals surface area contributed by atoms with E-state index in [9.17, 15) is 4.79 Å². The highest BCUT2D eigenvalue weighted by molar-refractivity contribution is 8.00. The lowest BCUT2D eigenvalue weighted by molar-refractivity contribution is -0.116. The minimum Gasteiger partial charge on any atom is -0.325 e. The van der Waals surface area contributed by atoms with Gasteiger partial charge in [-0.25, -0.2) is 4.68 Å². The lowest BCUT2D eigenvalue weighted by Crippen LogP contribution is -2.41. The first kappa shape index (κ1) is 20.3. The Morgan fingerprint density at radius 2 is 1.59 bits per heavy atom. The summed E-state index contributed by atoms with van der Waals surface area (Å²) in [6.45, 7) is 4.06. The van der Waals surface area contributed by atoms with Crippen molar-refractivity contribution in [3.63, 3.8) is 0 Å². The third-order valence-electron chi connectivity index (χ3n) is 5.37. The van der Waals surface area contributed by atoms with Crippen LogP contribution in [0.3, 0.4) is 0 Å². The fraction of sp³-hybridized carbons (Fsp3) is 0.160. The minimum absolute atomic E-state index is 0.0723. The van der Waals surface area contributed by atoms with Crippen LogP contribution in [0.2, 0.25) is 0 Å². The maximum absolute atomic E-state index is 13.4. The van der Waals surface area contributed by atoms with Crippen molar-refractivity contribution in [1.82, 2.24) is 14.9 Å². The summed E-state index contributed by atoms with van der Waals surface area (Å²) in [5.41, 5.74) is 8.53. The van der Waals surface area contributed by atoms with E-state index in [0.29, 0.717) is 5.16 Å². The molecule has 1 aliphatic heterocycles. The lowest BCUT2D eigenvalue weighted by Gasteiger charge is -2.33. The van der Waals surface area contributed by atoms with E-state index in [1.807, 2.05) is 91.3 Å². The van der Waals surface area contributed by atoms with E-state index in [1.165, 1.54) is 11.8 Å². The second-order valence-electron chi connectivity index (χ2n) is 7.93. The Morgan fingerprint density at radius 3 is 2.28 bits per heavy atom. The molecule has 1 aliphatic rings. The number of benzene rings is 3. The van der Waals surface area contributed by atoms with Gasteiger partial charge >= 0.3 is 0 Å². The van der Waals surface area contributed by atoms with Gasteiger partial charge in [-0.1, -0.05) is 78.5 Å². The SMILES string of the molecule is Cc1cc(C)cc(NC(=O)[C@H]2Sc3nnc(-c4ccccc4)n3N[C@H]2c2ccccc2)c1. The molecule has 1 aromatic heterocycles. The van der Waals surface area contributed by atoms with Crippen molar-refractivity contribution < 1.29 is 4.79 Å². The zero-order chi connectivity index (χ0) is 22.1. The van der Waals surface area contributed by atoms with Gasteiger partial charge in [0.05, 0.1) is 6.04 Å². The second kappa shape index (κ2) is 8.51. The molecule has 2 N–H and O–H groups in total. The number of nitrogens with one attached hydrogen (secondary N) is 2. The van der Waals surface area contributed by atoms with E-state index >= 15 is 0 Å². The molecule has 2 atom stereocenters. The smallest absolute Gasteiger partial charge is 0.240 e. The summed E-state index contributed by atoms with van der Waals surface area (Å²) in [7, 11) is 0. The van der Waals surface area contributed by atoms with Gasteiger partial charge < -0.3 is 10.7 Å². The molecule has 0 aliphatic carbocycles. The summed E-state index contributed by atoms with van der Waals surface area (Å²) in [6.07, 6.45) is 0. The zero-order valence-corrected chi connectivity index (χ0v) is 18.6. The molecule has 0 saturated carbocycles. The van der Waals surface area contributed by atoms with Gasteiger partial charge in [-0.05, 0) is 42.7 Å². The molecule has 0 radical (unpaired) electrons. The molecule has 0 unspecified atom stereocenters. The van der Waals surface area contributed by atoms with Crippen molar-refractivity contribution in [2.45, 2.75) is 30.3 Å². The number of fused-ring (bicyclic) bond motifs is 1. The molecule has 0 saturated heterocycles. The molecule has 6 nitrogen and oxygen atoms in total. The molecule has 0 bridgehead atoms. The van der Waals surface area contributed by atoms with Gasteiger partial charge in [0.25, 0.3) is 0 Å². The van der Waals surface area contributed by atoms with Gasteiger partial charge in [0.2, 0.25) is 11.1 Å². The second-order valence-corrected chi connectivity index (χ2v) is 9.04. The van der Waals surface area contributed by atoms with Crippen molar-refractivity contribution in [3.8, 4) is 11.4 Å². The molecular weight excluding hydrogens is 418 g/mol. The van der Waals surface area contributed by atoms with Crippen LogP contribution in [-0.2, 0) is 4.79 Å². The average Bonchev–Trinajstić information content (AvgIpc) is 3.22. The molecule has 5 rings (SSSR count). The third-order valence-corrected chi connectivity index (χ3v) is 6.59. The lowest BCUT2D eigenvalue weighted by atomic mass is 10.0. The minimum atomic E-state index is -0.418. The highest BCUT2D eigenvalue weighted by atomic mass is 32.2. The molecule has 0 fully saturated rings. The van der Waals surface area contributed by atoms with Crippen molar-refractivity contribution in [3.05, 3.63) is 95.6 Å². The Labute approximate surface area is 191 Å². The van der Waals surface area contributed by atoms with Crippen LogP contribution >= 0.6 is 11.8 Å². The van der Waals surface area contributed by atoms with E-state index in [0.717, 1.165) is 33.8 Å². The Balaban J connectivity index is 1.50. The predicted octanol–water partition coefficient (Wildman–Crippen LogP) is 4.96. The number of hydrogen-bond acceptors (Lipinski definition) is 5. The number of hydrogen-bond donors (Lipinski definition) is 2. The number of carbonyl (C=O) groups is 1. The molecule has 32 heavy (non-hydrogen) atoms. The number of aromatic nitrogens is 3. The Bertz CT molecular complexity index is 1240. The van der Waals surface area contributed by atoms with E-state index in [-0.39, 0.29) is 11.9 Å². The molecule has 0 spiro atoms. The molecular formula is C25H23N5OS. The topological polar surface area (TPSA) is 71.8 Å². The van der Waals surface area contributed by atoms with Crippen molar-refractivity contribution >= 4 is 23.4 Å². The van der Waals surface area contributed by atoms with Crippen LogP contribution < -0.4 is 10.7 Å². The van der Waals surface area contributed by atoms with Gasteiger partial charge in [0, 0.05) is 11.3 Å². The van der Waals surface area contributed by atoms with Crippen LogP contribution in [-0.4, -0.2) is 26.0 Å². The summed E-state index contributed by atoms with van der Waals surface area (Å²) in [5.74, 6) is 0.652. The first-order valence-corrected chi connectivity index (χ1v) is 11.3. The van der Waals surface area contributed by atoms with E-state index in [1.54, 1.807) is 0 Å². The van der Waals surface area contributed by atoms with Gasteiger partial charge in [0.15, 0.2) is 5.82 Å². The maximum atomic E-state index is 13.4. The first-order valence-electron chi connectivity index (χ1n) is 10.5. The maximum Gasteiger partial charge on any atom is 0.240 e. The standard InChI is InChI=1S/C25H23N5OS/c1-16-13-17(2)15-20(14-16)26-24(31)22-21(18-9-5-3-6-10-18)29-30-23(27-28-25(30)32-22)19-11-7-4-8-12-19/h3-15,21-22,29H,1-2H3,(H,26,31)/t21-,22-/m0/s1. The number of rotatable bonds is 4. The zero-order valence-electron chi connectivity index (χ0n) is 17.8. The predicted molar refractivity (Wildman–Crippen MR) is 128 cm³/mol. The first-order chi connectivity index (χ1) is 15.6. The molecule has 160 valence electrons. The highest BCUT2D eigenvalue weighted by Crippen LogP contribution is 2.39.